The fourth-order valence-electron chi connectivity index (χ4n) is 2.08. The standard InChI is InChI=1S/C17H15F2NO4/c18-17(19)24-13-8-6-12(7-9-13)15(21)20-14(16(22)23)10-11-4-2-1-3-5-11/h1-9,14,17H,10H2,(H,20,21)(H,22,23)/t14-/m0/s1. The lowest BCUT2D eigenvalue weighted by Crippen LogP contribution is -2.42. The largest absolute Gasteiger partial charge is 0.480 e. The van der Waals surface area contributed by atoms with Crippen molar-refractivity contribution in [3.63, 3.8) is 0 Å². The zero-order valence-corrected chi connectivity index (χ0v) is 12.5. The van der Waals surface area contributed by atoms with Gasteiger partial charge in [-0.2, -0.15) is 8.78 Å². The first-order chi connectivity index (χ1) is 11.5. The van der Waals surface area contributed by atoms with Crippen LogP contribution in [0.2, 0.25) is 0 Å². The summed E-state index contributed by atoms with van der Waals surface area (Å²) in [4.78, 5) is 23.4. The summed E-state index contributed by atoms with van der Waals surface area (Å²) >= 11 is 0. The van der Waals surface area contributed by atoms with Gasteiger partial charge in [0.05, 0.1) is 0 Å². The molecule has 1 amide bonds. The second-order valence-corrected chi connectivity index (χ2v) is 4.96. The molecule has 0 aliphatic rings. The van der Waals surface area contributed by atoms with Crippen molar-refractivity contribution in [3.8, 4) is 5.75 Å². The van der Waals surface area contributed by atoms with Gasteiger partial charge in [0.15, 0.2) is 0 Å². The Morgan fingerprint density at radius 3 is 2.21 bits per heavy atom. The number of carboxylic acids is 1. The molecule has 0 radical (unpaired) electrons. The van der Waals surface area contributed by atoms with E-state index in [1.54, 1.807) is 30.3 Å². The minimum atomic E-state index is -2.95. The van der Waals surface area contributed by atoms with Crippen molar-refractivity contribution >= 4 is 11.9 Å². The van der Waals surface area contributed by atoms with Crippen molar-refractivity contribution in [1.29, 1.82) is 0 Å². The first-order valence-corrected chi connectivity index (χ1v) is 7.08. The number of alkyl halides is 2. The molecule has 0 spiro atoms. The molecule has 0 fully saturated rings. The van der Waals surface area contributed by atoms with Crippen molar-refractivity contribution in [3.05, 3.63) is 65.7 Å². The summed E-state index contributed by atoms with van der Waals surface area (Å²) in [5, 5.41) is 11.7. The number of rotatable bonds is 7. The van der Waals surface area contributed by atoms with E-state index in [1.165, 1.54) is 24.3 Å². The molecule has 0 aromatic heterocycles. The van der Waals surface area contributed by atoms with Gasteiger partial charge in [-0.1, -0.05) is 30.3 Å². The number of hydrogen-bond acceptors (Lipinski definition) is 3. The highest BCUT2D eigenvalue weighted by Crippen LogP contribution is 2.15. The summed E-state index contributed by atoms with van der Waals surface area (Å²) in [6.45, 7) is -2.95. The van der Waals surface area contributed by atoms with E-state index in [-0.39, 0.29) is 17.7 Å². The number of carbonyl (C=O) groups is 2. The van der Waals surface area contributed by atoms with Crippen LogP contribution >= 0.6 is 0 Å². The van der Waals surface area contributed by atoms with Crippen molar-refractivity contribution < 1.29 is 28.2 Å². The average molecular weight is 335 g/mol. The van der Waals surface area contributed by atoms with E-state index < -0.39 is 24.5 Å². The third-order valence-electron chi connectivity index (χ3n) is 3.23. The number of benzene rings is 2. The van der Waals surface area contributed by atoms with Crippen LogP contribution in [0.3, 0.4) is 0 Å². The second-order valence-electron chi connectivity index (χ2n) is 4.96. The average Bonchev–Trinajstić information content (AvgIpc) is 2.55. The zero-order valence-electron chi connectivity index (χ0n) is 12.5. The summed E-state index contributed by atoms with van der Waals surface area (Å²) in [5.74, 6) is -1.85. The Morgan fingerprint density at radius 2 is 1.67 bits per heavy atom. The quantitative estimate of drug-likeness (QED) is 0.816. The SMILES string of the molecule is O=C(N[C@@H](Cc1ccccc1)C(=O)O)c1ccc(OC(F)F)cc1. The van der Waals surface area contributed by atoms with Crippen LogP contribution in [0.25, 0.3) is 0 Å². The molecule has 0 aliphatic heterocycles. The number of nitrogens with one attached hydrogen (secondary N) is 1. The van der Waals surface area contributed by atoms with Gasteiger partial charge in [0.25, 0.3) is 5.91 Å². The molecule has 126 valence electrons. The van der Waals surface area contributed by atoms with Crippen LogP contribution in [0.1, 0.15) is 15.9 Å². The highest BCUT2D eigenvalue weighted by atomic mass is 19.3. The first-order valence-electron chi connectivity index (χ1n) is 7.08. The Morgan fingerprint density at radius 1 is 1.04 bits per heavy atom. The van der Waals surface area contributed by atoms with Gasteiger partial charge in [0.1, 0.15) is 11.8 Å². The number of amides is 1. The van der Waals surface area contributed by atoms with Crippen LogP contribution in [0, 0.1) is 0 Å². The Bertz CT molecular complexity index is 689. The predicted molar refractivity (Wildman–Crippen MR) is 82.1 cm³/mol. The maximum atomic E-state index is 12.1. The minimum absolute atomic E-state index is 0.0828. The van der Waals surface area contributed by atoms with Gasteiger partial charge >= 0.3 is 12.6 Å². The van der Waals surface area contributed by atoms with E-state index in [0.717, 1.165) is 5.56 Å². The number of halogens is 2. The van der Waals surface area contributed by atoms with Crippen molar-refractivity contribution in [2.24, 2.45) is 0 Å². The van der Waals surface area contributed by atoms with Crippen LogP contribution < -0.4 is 10.1 Å². The predicted octanol–water partition coefficient (Wildman–Crippen LogP) is 2.71. The molecule has 2 N–H and O–H groups in total. The molecule has 7 heteroatoms. The highest BCUT2D eigenvalue weighted by molar-refractivity contribution is 5.96. The van der Waals surface area contributed by atoms with Crippen molar-refractivity contribution in [2.75, 3.05) is 0 Å². The number of carboxylic acid groups (broad SMARTS) is 1. The molecule has 2 aromatic rings. The monoisotopic (exact) mass is 335 g/mol. The summed E-state index contributed by atoms with van der Waals surface area (Å²) < 4.78 is 28.3. The lowest BCUT2D eigenvalue weighted by molar-refractivity contribution is -0.139. The molecule has 0 saturated heterocycles. The molecule has 0 saturated carbocycles. The molecule has 1 atom stereocenters. The fourth-order valence-corrected chi connectivity index (χ4v) is 2.08. The van der Waals surface area contributed by atoms with Crippen molar-refractivity contribution in [1.82, 2.24) is 5.32 Å². The molecule has 0 heterocycles. The topological polar surface area (TPSA) is 75.6 Å². The van der Waals surface area contributed by atoms with Gasteiger partial charge in [0.2, 0.25) is 0 Å². The highest BCUT2D eigenvalue weighted by Gasteiger charge is 2.21. The molecule has 0 unspecified atom stereocenters. The summed E-state index contributed by atoms with van der Waals surface area (Å²) in [6.07, 6.45) is 0.133. The summed E-state index contributed by atoms with van der Waals surface area (Å²) in [7, 11) is 0. The maximum absolute atomic E-state index is 12.1. The second kappa shape index (κ2) is 8.05. The van der Waals surface area contributed by atoms with Gasteiger partial charge in [-0.25, -0.2) is 4.79 Å². The Kier molecular flexibility index (Phi) is 5.83. The van der Waals surface area contributed by atoms with Crippen LogP contribution in [0.4, 0.5) is 8.78 Å². The third-order valence-corrected chi connectivity index (χ3v) is 3.23. The Labute approximate surface area is 136 Å². The van der Waals surface area contributed by atoms with Gasteiger partial charge in [-0.15, -0.1) is 0 Å². The minimum Gasteiger partial charge on any atom is -0.480 e. The van der Waals surface area contributed by atoms with Gasteiger partial charge < -0.3 is 15.2 Å². The molecular formula is C17H15F2NO4. The van der Waals surface area contributed by atoms with Gasteiger partial charge in [-0.05, 0) is 29.8 Å². The molecule has 2 rings (SSSR count). The van der Waals surface area contributed by atoms with E-state index in [2.05, 4.69) is 10.1 Å². The normalized spacial score (nSPS) is 11.8. The molecular weight excluding hydrogens is 320 g/mol. The lowest BCUT2D eigenvalue weighted by atomic mass is 10.1. The smallest absolute Gasteiger partial charge is 0.387 e. The van der Waals surface area contributed by atoms with Crippen molar-refractivity contribution in [2.45, 2.75) is 19.1 Å². The lowest BCUT2D eigenvalue weighted by Gasteiger charge is -2.15. The zero-order chi connectivity index (χ0) is 17.5. The first kappa shape index (κ1) is 17.4. The molecule has 0 bridgehead atoms. The Hall–Kier alpha value is -2.96. The van der Waals surface area contributed by atoms with Crippen LogP contribution in [0.15, 0.2) is 54.6 Å². The van der Waals surface area contributed by atoms with Crippen LogP contribution in [-0.2, 0) is 11.2 Å². The molecule has 0 aliphatic carbocycles. The number of aliphatic carboxylic acids is 1. The van der Waals surface area contributed by atoms with Crippen LogP contribution in [0.5, 0.6) is 5.75 Å². The summed E-state index contributed by atoms with van der Waals surface area (Å²) in [6, 6.07) is 12.8. The number of carbonyl (C=O) groups excluding carboxylic acids is 1. The van der Waals surface area contributed by atoms with E-state index in [4.69, 9.17) is 0 Å². The number of ether oxygens (including phenoxy) is 1. The van der Waals surface area contributed by atoms with Gasteiger partial charge in [0, 0.05) is 12.0 Å². The van der Waals surface area contributed by atoms with E-state index in [9.17, 15) is 23.5 Å². The Balaban J connectivity index is 2.03. The molecule has 5 nitrogen and oxygen atoms in total. The van der Waals surface area contributed by atoms with Crippen LogP contribution in [-0.4, -0.2) is 29.6 Å². The molecule has 2 aromatic carbocycles. The molecule has 24 heavy (non-hydrogen) atoms. The van der Waals surface area contributed by atoms with Gasteiger partial charge in [-0.3, -0.25) is 4.79 Å². The summed E-state index contributed by atoms with van der Waals surface area (Å²) in [5.41, 5.74) is 0.918. The fraction of sp³-hybridized carbons (Fsp3) is 0.176. The van der Waals surface area contributed by atoms with E-state index in [0.29, 0.717) is 0 Å². The maximum Gasteiger partial charge on any atom is 0.387 e. The third kappa shape index (κ3) is 5.05. The van der Waals surface area contributed by atoms with E-state index >= 15 is 0 Å². The van der Waals surface area contributed by atoms with E-state index in [1.807, 2.05) is 0 Å². The number of hydrogen-bond donors (Lipinski definition) is 2.